The Morgan fingerprint density at radius 3 is 2.66 bits per heavy atom. The lowest BCUT2D eigenvalue weighted by Gasteiger charge is -2.34. The predicted molar refractivity (Wildman–Crippen MR) is 125 cm³/mol. The summed E-state index contributed by atoms with van der Waals surface area (Å²) in [4.78, 5) is 20.3. The highest BCUT2D eigenvalue weighted by atomic mass is 19.4. The van der Waals surface area contributed by atoms with E-state index in [-0.39, 0.29) is 22.6 Å². The highest BCUT2D eigenvalue weighted by Crippen LogP contribution is 2.23. The molecule has 1 saturated heterocycles. The van der Waals surface area contributed by atoms with E-state index in [1.807, 2.05) is 5.01 Å². The summed E-state index contributed by atoms with van der Waals surface area (Å²) >= 11 is 0. The van der Waals surface area contributed by atoms with Crippen LogP contribution in [-0.4, -0.2) is 54.9 Å². The first-order valence-corrected chi connectivity index (χ1v) is 11.0. The van der Waals surface area contributed by atoms with Crippen LogP contribution in [0.15, 0.2) is 52.3 Å². The highest BCUT2D eigenvalue weighted by Gasteiger charge is 2.31. The minimum atomic E-state index is -4.72. The van der Waals surface area contributed by atoms with Gasteiger partial charge in [0.2, 0.25) is 0 Å². The van der Waals surface area contributed by atoms with Gasteiger partial charge in [-0.1, -0.05) is 12.1 Å². The number of alkyl halides is 3. The number of ether oxygens (including phenoxy) is 1. The maximum atomic E-state index is 13.6. The molecule has 0 radical (unpaired) electrons. The number of aromatic amines is 1. The van der Waals surface area contributed by atoms with Gasteiger partial charge in [-0.25, -0.2) is 9.40 Å². The van der Waals surface area contributed by atoms with Crippen LogP contribution in [0.4, 0.5) is 17.6 Å². The van der Waals surface area contributed by atoms with Crippen LogP contribution < -0.4 is 20.9 Å². The van der Waals surface area contributed by atoms with E-state index in [1.54, 1.807) is 26.1 Å². The molecule has 1 unspecified atom stereocenters. The fourth-order valence-corrected chi connectivity index (χ4v) is 4.14. The minimum Gasteiger partial charge on any atom is -0.406 e. The maximum absolute atomic E-state index is 13.6. The van der Waals surface area contributed by atoms with E-state index in [0.717, 1.165) is 5.56 Å². The molecule has 2 heterocycles. The third-order valence-electron chi connectivity index (χ3n) is 5.82. The molecule has 4 rings (SSSR count). The number of aliphatic imine (C=N–C) groups is 1. The van der Waals surface area contributed by atoms with Crippen LogP contribution in [0.3, 0.4) is 0 Å². The summed E-state index contributed by atoms with van der Waals surface area (Å²) in [5.41, 5.74) is 5.32. The molecule has 0 saturated carbocycles. The van der Waals surface area contributed by atoms with Crippen LogP contribution in [0, 0.1) is 12.7 Å². The zero-order chi connectivity index (χ0) is 25.2. The van der Waals surface area contributed by atoms with Crippen molar-refractivity contribution in [1.29, 1.82) is 0 Å². The molecule has 1 aromatic heterocycles. The largest absolute Gasteiger partial charge is 0.573 e. The van der Waals surface area contributed by atoms with Gasteiger partial charge in [-0.05, 0) is 49.2 Å². The lowest BCUT2D eigenvalue weighted by atomic mass is 10.0. The van der Waals surface area contributed by atoms with Gasteiger partial charge in [0.15, 0.2) is 11.3 Å². The number of pyridine rings is 1. The molecule has 1 atom stereocenters. The maximum Gasteiger partial charge on any atom is 0.573 e. The standard InChI is InChI=1S/C24H25F4N5O2/c1-14-21(31-20-8-5-16(25)12-19(20)22(14)34)23(29-2)32-33-10-9-30-17(13-33)11-15-3-6-18(7-4-15)35-24(26,27)28/h3-8,12,17,30H,9-11,13H2,1-2H3,(H,29,32)(H,31,34). The Bertz CT molecular complexity index is 1290. The van der Waals surface area contributed by atoms with Crippen molar-refractivity contribution in [2.24, 2.45) is 4.99 Å². The molecule has 1 aliphatic rings. The van der Waals surface area contributed by atoms with E-state index >= 15 is 0 Å². The summed E-state index contributed by atoms with van der Waals surface area (Å²) in [6.07, 6.45) is -4.12. The van der Waals surface area contributed by atoms with Gasteiger partial charge in [-0.2, -0.15) is 0 Å². The summed E-state index contributed by atoms with van der Waals surface area (Å²) < 4.78 is 54.6. The molecule has 0 aliphatic carbocycles. The van der Waals surface area contributed by atoms with Gasteiger partial charge >= 0.3 is 6.36 Å². The Morgan fingerprint density at radius 2 is 1.97 bits per heavy atom. The molecule has 35 heavy (non-hydrogen) atoms. The minimum absolute atomic E-state index is 0.0310. The van der Waals surface area contributed by atoms with Crippen molar-refractivity contribution in [2.75, 3.05) is 26.7 Å². The number of nitrogens with one attached hydrogen (secondary N) is 3. The number of H-pyrrole nitrogens is 1. The Morgan fingerprint density at radius 1 is 1.23 bits per heavy atom. The van der Waals surface area contributed by atoms with Crippen molar-refractivity contribution in [3.63, 3.8) is 0 Å². The third kappa shape index (κ3) is 5.98. The van der Waals surface area contributed by atoms with Gasteiger partial charge in [0.05, 0.1) is 11.2 Å². The van der Waals surface area contributed by atoms with Gasteiger partial charge in [-0.15, -0.1) is 13.2 Å². The van der Waals surface area contributed by atoms with Crippen LogP contribution >= 0.6 is 0 Å². The number of rotatable bonds is 5. The molecule has 1 fully saturated rings. The molecule has 2 aromatic carbocycles. The molecule has 7 nitrogen and oxygen atoms in total. The topological polar surface area (TPSA) is 81.8 Å². The Labute approximate surface area is 198 Å². The molecule has 3 N–H and O–H groups in total. The molecule has 1 aliphatic heterocycles. The second kappa shape index (κ2) is 10.0. The number of hydrogen-bond donors (Lipinski definition) is 3. The lowest BCUT2D eigenvalue weighted by Crippen LogP contribution is -2.57. The summed E-state index contributed by atoms with van der Waals surface area (Å²) in [6, 6.07) is 9.88. The van der Waals surface area contributed by atoms with Crippen molar-refractivity contribution in [2.45, 2.75) is 25.7 Å². The van der Waals surface area contributed by atoms with Crippen LogP contribution in [0.1, 0.15) is 16.8 Å². The monoisotopic (exact) mass is 491 g/mol. The van der Waals surface area contributed by atoms with Gasteiger partial charge in [0.1, 0.15) is 11.6 Å². The quantitative estimate of drug-likeness (QED) is 0.290. The van der Waals surface area contributed by atoms with E-state index in [9.17, 15) is 22.4 Å². The molecule has 0 amide bonds. The highest BCUT2D eigenvalue weighted by molar-refractivity contribution is 6.00. The van der Waals surface area contributed by atoms with Gasteiger partial charge < -0.3 is 20.5 Å². The molecule has 3 aromatic rings. The molecule has 11 heteroatoms. The first-order chi connectivity index (χ1) is 16.6. The van der Waals surface area contributed by atoms with Crippen molar-refractivity contribution >= 4 is 16.7 Å². The molecular formula is C24H25F4N5O2. The molecule has 0 bridgehead atoms. The van der Waals surface area contributed by atoms with E-state index in [1.165, 1.54) is 30.3 Å². The number of piperazine rings is 1. The average molecular weight is 491 g/mol. The fourth-order valence-electron chi connectivity index (χ4n) is 4.14. The van der Waals surface area contributed by atoms with Crippen molar-refractivity contribution in [3.8, 4) is 5.75 Å². The fraction of sp³-hybridized carbons (Fsp3) is 0.333. The van der Waals surface area contributed by atoms with Crippen molar-refractivity contribution in [1.82, 2.24) is 20.7 Å². The number of aromatic nitrogens is 1. The number of nitrogens with zero attached hydrogens (tertiary/aromatic N) is 2. The number of benzene rings is 2. The second-order valence-electron chi connectivity index (χ2n) is 8.32. The van der Waals surface area contributed by atoms with E-state index < -0.39 is 12.2 Å². The molecule has 0 spiro atoms. The van der Waals surface area contributed by atoms with Gasteiger partial charge in [0, 0.05) is 43.7 Å². The second-order valence-corrected chi connectivity index (χ2v) is 8.32. The van der Waals surface area contributed by atoms with Crippen LogP contribution in [0.5, 0.6) is 5.75 Å². The van der Waals surface area contributed by atoms with Crippen LogP contribution in [0.2, 0.25) is 0 Å². The first kappa shape index (κ1) is 24.7. The third-order valence-corrected chi connectivity index (χ3v) is 5.82. The summed E-state index contributed by atoms with van der Waals surface area (Å²) in [6.45, 7) is 3.59. The SMILES string of the molecule is CN=C(NN1CCNC(Cc2ccc(OC(F)(F)F)cc2)C1)c1[nH]c2ccc(F)cc2c(=O)c1C. The number of fused-ring (bicyclic) bond motifs is 1. The number of halogens is 4. The Hall–Kier alpha value is -3.44. The summed E-state index contributed by atoms with van der Waals surface area (Å²) in [5.74, 6) is -0.264. The first-order valence-electron chi connectivity index (χ1n) is 11.0. The average Bonchev–Trinajstić information content (AvgIpc) is 2.81. The van der Waals surface area contributed by atoms with Crippen LogP contribution in [-0.2, 0) is 6.42 Å². The number of hydrogen-bond acceptors (Lipinski definition) is 5. The summed E-state index contributed by atoms with van der Waals surface area (Å²) in [7, 11) is 1.61. The van der Waals surface area contributed by atoms with E-state index in [4.69, 9.17) is 0 Å². The van der Waals surface area contributed by atoms with Crippen molar-refractivity contribution < 1.29 is 22.3 Å². The predicted octanol–water partition coefficient (Wildman–Crippen LogP) is 3.27. The van der Waals surface area contributed by atoms with Gasteiger partial charge in [0.25, 0.3) is 0 Å². The zero-order valence-electron chi connectivity index (χ0n) is 19.2. The van der Waals surface area contributed by atoms with Crippen LogP contribution in [0.25, 0.3) is 10.9 Å². The number of amidine groups is 1. The zero-order valence-corrected chi connectivity index (χ0v) is 19.2. The lowest BCUT2D eigenvalue weighted by molar-refractivity contribution is -0.274. The van der Waals surface area contributed by atoms with E-state index in [0.29, 0.717) is 48.7 Å². The Balaban J connectivity index is 1.45. The normalized spacial score (nSPS) is 17.5. The van der Waals surface area contributed by atoms with E-state index in [2.05, 4.69) is 25.5 Å². The molecule has 186 valence electrons. The molecular weight excluding hydrogens is 466 g/mol. The smallest absolute Gasteiger partial charge is 0.406 e. The Kier molecular flexibility index (Phi) is 7.08. The summed E-state index contributed by atoms with van der Waals surface area (Å²) in [5, 5.41) is 5.65. The number of hydrazine groups is 1. The van der Waals surface area contributed by atoms with Crippen molar-refractivity contribution in [3.05, 3.63) is 75.3 Å². The van der Waals surface area contributed by atoms with Gasteiger partial charge in [-0.3, -0.25) is 9.79 Å².